The van der Waals surface area contributed by atoms with E-state index in [1.165, 1.54) is 16.7 Å². The molecule has 0 saturated heterocycles. The summed E-state index contributed by atoms with van der Waals surface area (Å²) in [5.41, 5.74) is 9.90. The molecule has 0 aliphatic carbocycles. The van der Waals surface area contributed by atoms with Crippen molar-refractivity contribution in [3.63, 3.8) is 0 Å². The molecule has 0 atom stereocenters. The van der Waals surface area contributed by atoms with Crippen molar-refractivity contribution in [2.24, 2.45) is 0 Å². The van der Waals surface area contributed by atoms with Crippen LogP contribution in [0.15, 0.2) is 54.6 Å². The van der Waals surface area contributed by atoms with E-state index in [2.05, 4.69) is 130 Å². The van der Waals surface area contributed by atoms with Crippen molar-refractivity contribution < 1.29 is 0 Å². The van der Waals surface area contributed by atoms with E-state index in [4.69, 9.17) is 15.0 Å². The molecule has 0 spiro atoms. The molecule has 0 radical (unpaired) electrons. The zero-order chi connectivity index (χ0) is 27.6. The summed E-state index contributed by atoms with van der Waals surface area (Å²) in [4.78, 5) is 15.6. The van der Waals surface area contributed by atoms with E-state index in [0.717, 1.165) is 50.4 Å². The molecule has 7 aromatic rings. The molecule has 0 aliphatic heterocycles. The van der Waals surface area contributed by atoms with Crippen molar-refractivity contribution in [2.45, 2.75) is 78.6 Å². The van der Waals surface area contributed by atoms with Crippen LogP contribution >= 0.6 is 0 Å². The molecule has 0 amide bonds. The smallest absolute Gasteiger partial charge is 0.225 e. The van der Waals surface area contributed by atoms with E-state index >= 15 is 0 Å². The van der Waals surface area contributed by atoms with Crippen LogP contribution in [0.4, 0.5) is 0 Å². The van der Waals surface area contributed by atoms with Crippen molar-refractivity contribution in [2.75, 3.05) is 0 Å². The third kappa shape index (κ3) is 3.43. The van der Waals surface area contributed by atoms with Crippen LogP contribution in [-0.2, 0) is 16.2 Å². The lowest BCUT2D eigenvalue weighted by atomic mass is 9.87. The summed E-state index contributed by atoms with van der Waals surface area (Å²) in [6, 6.07) is 19.9. The molecule has 0 unspecified atom stereocenters. The topological polar surface area (TPSA) is 51.9 Å². The minimum absolute atomic E-state index is 0.0176. The number of fused-ring (bicyclic) bond motifs is 12. The third-order valence-corrected chi connectivity index (χ3v) is 8.11. The number of rotatable bonds is 0. The van der Waals surface area contributed by atoms with Crippen LogP contribution in [-0.4, -0.2) is 28.2 Å². The second kappa shape index (κ2) is 7.38. The van der Waals surface area contributed by atoms with Crippen LogP contribution in [0.2, 0.25) is 0 Å². The molecule has 6 heteroatoms. The molecule has 4 aromatic heterocycles. The highest BCUT2D eigenvalue weighted by molar-refractivity contribution is 5.91. The van der Waals surface area contributed by atoms with Gasteiger partial charge in [-0.2, -0.15) is 0 Å². The van der Waals surface area contributed by atoms with Gasteiger partial charge in [0.2, 0.25) is 17.3 Å². The van der Waals surface area contributed by atoms with Gasteiger partial charge in [0.15, 0.2) is 0 Å². The van der Waals surface area contributed by atoms with Gasteiger partial charge in [0.1, 0.15) is 0 Å². The number of imidazole rings is 3. The van der Waals surface area contributed by atoms with Crippen LogP contribution in [0, 0.1) is 0 Å². The van der Waals surface area contributed by atoms with Gasteiger partial charge in [0.05, 0.1) is 33.1 Å². The van der Waals surface area contributed by atoms with Crippen LogP contribution in [0.3, 0.4) is 0 Å². The molecular formula is C33H36N6. The van der Waals surface area contributed by atoms with Crippen molar-refractivity contribution in [3.8, 4) is 0 Å². The molecule has 3 aromatic carbocycles. The highest BCUT2D eigenvalue weighted by atomic mass is 15.3. The van der Waals surface area contributed by atoms with Gasteiger partial charge in [-0.3, -0.25) is 0 Å². The summed E-state index contributed by atoms with van der Waals surface area (Å²) in [6.45, 7) is 20.3. The molecular weight excluding hydrogens is 480 g/mol. The lowest BCUT2D eigenvalue weighted by Crippen LogP contribution is -2.11. The van der Waals surface area contributed by atoms with Crippen LogP contribution in [0.5, 0.6) is 0 Å². The molecule has 198 valence electrons. The second-order valence-electron chi connectivity index (χ2n) is 14.1. The molecule has 4 heterocycles. The maximum Gasteiger partial charge on any atom is 0.225 e. The van der Waals surface area contributed by atoms with Crippen LogP contribution < -0.4 is 0 Å². The van der Waals surface area contributed by atoms with Gasteiger partial charge in [-0.05, 0) is 69.3 Å². The highest BCUT2D eigenvalue weighted by Gasteiger charge is 2.24. The number of nitrogens with zero attached hydrogens (tertiary/aromatic N) is 6. The van der Waals surface area contributed by atoms with E-state index < -0.39 is 0 Å². The fourth-order valence-electron chi connectivity index (χ4n) is 5.63. The minimum atomic E-state index is 0.0176. The molecule has 39 heavy (non-hydrogen) atoms. The quantitative estimate of drug-likeness (QED) is 0.205. The van der Waals surface area contributed by atoms with E-state index in [-0.39, 0.29) is 16.2 Å². The van der Waals surface area contributed by atoms with Gasteiger partial charge in [0.25, 0.3) is 0 Å². The predicted octanol–water partition coefficient (Wildman–Crippen LogP) is 7.98. The standard InChI is InChI=1S/C33H36N6/c1-31(2,3)19-10-13-22-25(16-19)37-28(34-22)38-27-18-21(33(7,8)9)12-15-24(27)36-30(38)39-26-17-20(32(4,5)6)11-14-23(26)35-29(37)39/h10-18H,1-9H3. The first kappa shape index (κ1) is 24.1. The molecule has 0 N–H and O–H groups in total. The van der Waals surface area contributed by atoms with Gasteiger partial charge in [-0.15, -0.1) is 0 Å². The fourth-order valence-corrected chi connectivity index (χ4v) is 5.63. The van der Waals surface area contributed by atoms with E-state index in [9.17, 15) is 0 Å². The molecule has 0 fully saturated rings. The number of aromatic nitrogens is 6. The Balaban J connectivity index is 1.76. The van der Waals surface area contributed by atoms with Gasteiger partial charge in [-0.1, -0.05) is 80.5 Å². The Morgan fingerprint density at radius 3 is 0.897 bits per heavy atom. The average Bonchev–Trinajstić information content (AvgIpc) is 3.51. The Hall–Kier alpha value is -3.93. The van der Waals surface area contributed by atoms with Crippen molar-refractivity contribution in [3.05, 3.63) is 71.3 Å². The maximum absolute atomic E-state index is 5.19. The van der Waals surface area contributed by atoms with Crippen molar-refractivity contribution in [1.29, 1.82) is 0 Å². The first-order valence-electron chi connectivity index (χ1n) is 13.8. The van der Waals surface area contributed by atoms with E-state index in [0.29, 0.717) is 0 Å². The lowest BCUT2D eigenvalue weighted by molar-refractivity contribution is 0.590. The van der Waals surface area contributed by atoms with E-state index in [1.54, 1.807) is 0 Å². The normalized spacial score (nSPS) is 13.8. The van der Waals surface area contributed by atoms with Gasteiger partial charge >= 0.3 is 0 Å². The number of hydrogen-bond acceptors (Lipinski definition) is 3. The van der Waals surface area contributed by atoms with Gasteiger partial charge in [0, 0.05) is 0 Å². The Kier molecular flexibility index (Phi) is 4.56. The molecule has 0 aliphatic rings. The molecule has 0 saturated carbocycles. The minimum Gasteiger partial charge on any atom is -0.247 e. The highest BCUT2D eigenvalue weighted by Crippen LogP contribution is 2.34. The van der Waals surface area contributed by atoms with Crippen LogP contribution in [0.1, 0.15) is 79.0 Å². The maximum atomic E-state index is 5.19. The van der Waals surface area contributed by atoms with Crippen LogP contribution in [0.25, 0.3) is 50.4 Å². The monoisotopic (exact) mass is 516 g/mol. The Morgan fingerprint density at radius 1 is 0.410 bits per heavy atom. The first-order chi connectivity index (χ1) is 18.2. The SMILES string of the molecule is CC(C)(C)c1ccc2nc3n(c2c1)c1nc2ccc(C(C)(C)C)cc2n1c1nc2ccc(C(C)(C)C)cc2n31. The summed E-state index contributed by atoms with van der Waals surface area (Å²) >= 11 is 0. The number of hydrogen-bond donors (Lipinski definition) is 0. The molecule has 6 nitrogen and oxygen atoms in total. The van der Waals surface area contributed by atoms with E-state index in [1.807, 2.05) is 0 Å². The number of benzene rings is 3. The summed E-state index contributed by atoms with van der Waals surface area (Å²) in [6.07, 6.45) is 0. The fraction of sp³-hybridized carbons (Fsp3) is 0.364. The third-order valence-electron chi connectivity index (χ3n) is 8.11. The zero-order valence-electron chi connectivity index (χ0n) is 24.4. The Morgan fingerprint density at radius 2 is 0.667 bits per heavy atom. The van der Waals surface area contributed by atoms with Gasteiger partial charge in [-0.25, -0.2) is 28.2 Å². The van der Waals surface area contributed by atoms with Crippen molar-refractivity contribution >= 4 is 50.4 Å². The average molecular weight is 517 g/mol. The molecule has 0 bridgehead atoms. The summed E-state index contributed by atoms with van der Waals surface area (Å²) in [5.74, 6) is 2.50. The summed E-state index contributed by atoms with van der Waals surface area (Å²) in [7, 11) is 0. The Bertz CT molecular complexity index is 1840. The Labute approximate surface area is 228 Å². The predicted molar refractivity (Wildman–Crippen MR) is 161 cm³/mol. The molecule has 7 rings (SSSR count). The first-order valence-corrected chi connectivity index (χ1v) is 13.8. The largest absolute Gasteiger partial charge is 0.247 e. The summed E-state index contributed by atoms with van der Waals surface area (Å²) in [5, 5.41) is 0. The van der Waals surface area contributed by atoms with Crippen molar-refractivity contribution in [1.82, 2.24) is 28.2 Å². The lowest BCUT2D eigenvalue weighted by Gasteiger charge is -2.19. The summed E-state index contributed by atoms with van der Waals surface area (Å²) < 4.78 is 6.66. The second-order valence-corrected chi connectivity index (χ2v) is 14.1. The van der Waals surface area contributed by atoms with Gasteiger partial charge < -0.3 is 0 Å². The zero-order valence-corrected chi connectivity index (χ0v) is 24.4.